The Morgan fingerprint density at radius 1 is 1.38 bits per heavy atom. The number of nitrogens with two attached hydrogens (primary N) is 1. The lowest BCUT2D eigenvalue weighted by Crippen LogP contribution is -2.28. The maximum atomic E-state index is 11.8. The quantitative estimate of drug-likeness (QED) is 0.790. The van der Waals surface area contributed by atoms with Gasteiger partial charge in [0.2, 0.25) is 5.91 Å². The number of ether oxygens (including phenoxy) is 2. The molecule has 1 aliphatic carbocycles. The van der Waals surface area contributed by atoms with E-state index in [4.69, 9.17) is 15.2 Å². The summed E-state index contributed by atoms with van der Waals surface area (Å²) in [6.07, 6.45) is 5.06. The van der Waals surface area contributed by atoms with E-state index in [2.05, 4.69) is 5.32 Å². The van der Waals surface area contributed by atoms with E-state index in [9.17, 15) is 4.79 Å². The van der Waals surface area contributed by atoms with Gasteiger partial charge in [0, 0.05) is 18.5 Å². The molecule has 0 heterocycles. The molecule has 3 N–H and O–H groups in total. The zero-order chi connectivity index (χ0) is 15.1. The Balaban J connectivity index is 1.67. The van der Waals surface area contributed by atoms with Crippen LogP contribution in [0, 0.1) is 0 Å². The van der Waals surface area contributed by atoms with Crippen LogP contribution in [0.4, 0.5) is 11.4 Å². The van der Waals surface area contributed by atoms with Crippen molar-refractivity contribution in [1.29, 1.82) is 0 Å². The Morgan fingerprint density at radius 2 is 2.19 bits per heavy atom. The summed E-state index contributed by atoms with van der Waals surface area (Å²) in [4.78, 5) is 11.8. The zero-order valence-corrected chi connectivity index (χ0v) is 12.5. The van der Waals surface area contributed by atoms with Crippen LogP contribution in [-0.4, -0.2) is 31.8 Å². The summed E-state index contributed by atoms with van der Waals surface area (Å²) in [5, 5.41) is 2.82. The lowest BCUT2D eigenvalue weighted by molar-refractivity contribution is -0.118. The van der Waals surface area contributed by atoms with Crippen LogP contribution >= 0.6 is 0 Å². The molecule has 2 atom stereocenters. The molecule has 2 unspecified atom stereocenters. The van der Waals surface area contributed by atoms with Crippen LogP contribution in [0.3, 0.4) is 0 Å². The van der Waals surface area contributed by atoms with Gasteiger partial charge in [0.1, 0.15) is 0 Å². The van der Waals surface area contributed by atoms with Gasteiger partial charge in [0.25, 0.3) is 0 Å². The average Bonchev–Trinajstić information content (AvgIpc) is 2.47. The molecule has 0 aliphatic heterocycles. The highest BCUT2D eigenvalue weighted by molar-refractivity contribution is 5.91. The third-order valence-corrected chi connectivity index (χ3v) is 3.76. The van der Waals surface area contributed by atoms with Gasteiger partial charge in [-0.2, -0.15) is 0 Å². The molecule has 1 fully saturated rings. The van der Waals surface area contributed by atoms with Crippen molar-refractivity contribution in [3.8, 4) is 0 Å². The fraction of sp³-hybridized carbons (Fsp3) is 0.562. The van der Waals surface area contributed by atoms with Crippen LogP contribution in [0.25, 0.3) is 0 Å². The molecule has 1 aromatic rings. The van der Waals surface area contributed by atoms with E-state index in [-0.39, 0.29) is 12.0 Å². The summed E-state index contributed by atoms with van der Waals surface area (Å²) >= 11 is 0. The first-order valence-corrected chi connectivity index (χ1v) is 7.47. The predicted molar refractivity (Wildman–Crippen MR) is 83.1 cm³/mol. The number of nitrogens with one attached hydrogen (secondary N) is 1. The van der Waals surface area contributed by atoms with Gasteiger partial charge in [-0.05, 0) is 43.9 Å². The van der Waals surface area contributed by atoms with Gasteiger partial charge in [-0.15, -0.1) is 0 Å². The Labute approximate surface area is 125 Å². The van der Waals surface area contributed by atoms with E-state index >= 15 is 0 Å². The molecule has 116 valence electrons. The van der Waals surface area contributed by atoms with Crippen molar-refractivity contribution in [2.24, 2.45) is 0 Å². The number of amides is 1. The highest BCUT2D eigenvalue weighted by atomic mass is 16.5. The zero-order valence-electron chi connectivity index (χ0n) is 12.5. The van der Waals surface area contributed by atoms with Gasteiger partial charge >= 0.3 is 0 Å². The Kier molecular flexibility index (Phi) is 6.02. The van der Waals surface area contributed by atoms with Crippen LogP contribution < -0.4 is 11.1 Å². The van der Waals surface area contributed by atoms with Crippen LogP contribution in [0.15, 0.2) is 24.3 Å². The minimum atomic E-state index is -0.0558. The largest absolute Gasteiger partial charge is 0.399 e. The summed E-state index contributed by atoms with van der Waals surface area (Å²) < 4.78 is 11.1. The van der Waals surface area contributed by atoms with Crippen molar-refractivity contribution in [1.82, 2.24) is 0 Å². The SMILES string of the molecule is COC1CCCC(OCCC(=O)Nc2cccc(N)c2)C1. The van der Waals surface area contributed by atoms with E-state index in [1.165, 1.54) is 0 Å². The fourth-order valence-corrected chi connectivity index (χ4v) is 2.63. The van der Waals surface area contributed by atoms with Gasteiger partial charge in [0.15, 0.2) is 0 Å². The second-order valence-corrected chi connectivity index (χ2v) is 5.44. The number of carbonyl (C=O) groups is 1. The van der Waals surface area contributed by atoms with E-state index in [0.717, 1.165) is 31.4 Å². The van der Waals surface area contributed by atoms with Crippen LogP contribution in [0.2, 0.25) is 0 Å². The molecular formula is C16H24N2O3. The molecule has 0 saturated heterocycles. The molecule has 1 amide bonds. The van der Waals surface area contributed by atoms with Crippen molar-refractivity contribution in [3.63, 3.8) is 0 Å². The van der Waals surface area contributed by atoms with Crippen LogP contribution in [0.1, 0.15) is 32.1 Å². The Hall–Kier alpha value is -1.59. The molecule has 5 heteroatoms. The topological polar surface area (TPSA) is 73.6 Å². The van der Waals surface area contributed by atoms with Gasteiger partial charge < -0.3 is 20.5 Å². The van der Waals surface area contributed by atoms with E-state index in [1.807, 2.05) is 12.1 Å². The predicted octanol–water partition coefficient (Wildman–Crippen LogP) is 2.57. The first kappa shape index (κ1) is 15.8. The van der Waals surface area contributed by atoms with Crippen molar-refractivity contribution < 1.29 is 14.3 Å². The number of anilines is 2. The molecule has 21 heavy (non-hydrogen) atoms. The summed E-state index contributed by atoms with van der Waals surface area (Å²) in [6.45, 7) is 0.440. The highest BCUT2D eigenvalue weighted by Crippen LogP contribution is 2.23. The first-order valence-electron chi connectivity index (χ1n) is 7.47. The number of methoxy groups -OCH3 is 1. The van der Waals surface area contributed by atoms with Crippen LogP contribution in [0.5, 0.6) is 0 Å². The summed E-state index contributed by atoms with van der Waals surface area (Å²) in [5.41, 5.74) is 7.03. The van der Waals surface area contributed by atoms with Crippen LogP contribution in [-0.2, 0) is 14.3 Å². The number of nitrogen functional groups attached to an aromatic ring is 1. The maximum Gasteiger partial charge on any atom is 0.226 e. The number of hydrogen-bond donors (Lipinski definition) is 2. The summed E-state index contributed by atoms with van der Waals surface area (Å²) in [5.74, 6) is -0.0558. The first-order chi connectivity index (χ1) is 10.2. The van der Waals surface area contributed by atoms with Gasteiger partial charge in [-0.1, -0.05) is 6.07 Å². The smallest absolute Gasteiger partial charge is 0.226 e. The minimum absolute atomic E-state index is 0.0558. The lowest BCUT2D eigenvalue weighted by Gasteiger charge is -2.28. The fourth-order valence-electron chi connectivity index (χ4n) is 2.63. The molecule has 2 rings (SSSR count). The van der Waals surface area contributed by atoms with Gasteiger partial charge in [0.05, 0.1) is 25.2 Å². The monoisotopic (exact) mass is 292 g/mol. The molecule has 1 aliphatic rings. The standard InChI is InChI=1S/C16H24N2O3/c1-20-14-6-3-7-15(11-14)21-9-8-16(19)18-13-5-2-4-12(17)10-13/h2,4-5,10,14-15H,3,6-9,11,17H2,1H3,(H,18,19). The number of rotatable bonds is 6. The molecule has 0 spiro atoms. The Morgan fingerprint density at radius 3 is 2.95 bits per heavy atom. The van der Waals surface area contributed by atoms with Gasteiger partial charge in [-0.25, -0.2) is 0 Å². The number of carbonyl (C=O) groups excluding carboxylic acids is 1. The third kappa shape index (κ3) is 5.36. The molecule has 0 aromatic heterocycles. The van der Waals surface area contributed by atoms with E-state index < -0.39 is 0 Å². The van der Waals surface area contributed by atoms with Crippen molar-refractivity contribution in [2.45, 2.75) is 44.3 Å². The van der Waals surface area contributed by atoms with Gasteiger partial charge in [-0.3, -0.25) is 4.79 Å². The lowest BCUT2D eigenvalue weighted by atomic mass is 9.95. The van der Waals surface area contributed by atoms with E-state index in [1.54, 1.807) is 19.2 Å². The second-order valence-electron chi connectivity index (χ2n) is 5.44. The molecule has 1 aromatic carbocycles. The molecular weight excluding hydrogens is 268 g/mol. The normalized spacial score (nSPS) is 22.0. The number of hydrogen-bond acceptors (Lipinski definition) is 4. The molecule has 0 radical (unpaired) electrons. The molecule has 5 nitrogen and oxygen atoms in total. The second kappa shape index (κ2) is 8.00. The highest BCUT2D eigenvalue weighted by Gasteiger charge is 2.22. The van der Waals surface area contributed by atoms with Crippen molar-refractivity contribution >= 4 is 17.3 Å². The Bertz CT molecular complexity index is 465. The summed E-state index contributed by atoms with van der Waals surface area (Å²) in [6, 6.07) is 7.16. The molecule has 0 bridgehead atoms. The van der Waals surface area contributed by atoms with Crippen molar-refractivity contribution in [2.75, 3.05) is 24.8 Å². The minimum Gasteiger partial charge on any atom is -0.399 e. The maximum absolute atomic E-state index is 11.8. The summed E-state index contributed by atoms with van der Waals surface area (Å²) in [7, 11) is 1.74. The third-order valence-electron chi connectivity index (χ3n) is 3.76. The average molecular weight is 292 g/mol. The van der Waals surface area contributed by atoms with Crippen molar-refractivity contribution in [3.05, 3.63) is 24.3 Å². The number of benzene rings is 1. The molecule has 1 saturated carbocycles. The van der Waals surface area contributed by atoms with E-state index in [0.29, 0.717) is 24.8 Å².